The minimum absolute atomic E-state index is 0.265. The zero-order chi connectivity index (χ0) is 28.3. The highest BCUT2D eigenvalue weighted by atomic mass is 79.9. The van der Waals surface area contributed by atoms with Crippen LogP contribution in [0.2, 0.25) is 5.02 Å². The first-order valence-electron chi connectivity index (χ1n) is 14.0. The van der Waals surface area contributed by atoms with Gasteiger partial charge in [0, 0.05) is 22.3 Å². The third-order valence-corrected chi connectivity index (χ3v) is 8.57. The SMILES string of the molecule is CCOc1cc(C=Nc2ccc([C@@H]3Nc4ccc(C)cc4[C@H]4C=CC[C@H]43)cc2)cc(Cl)c1OCc1ccc(Br)cc1. The van der Waals surface area contributed by atoms with Crippen molar-refractivity contribution < 1.29 is 9.47 Å². The van der Waals surface area contributed by atoms with Crippen LogP contribution in [0, 0.1) is 12.8 Å². The van der Waals surface area contributed by atoms with Crippen LogP contribution in [0.1, 0.15) is 53.1 Å². The molecule has 6 heteroatoms. The van der Waals surface area contributed by atoms with Crippen LogP contribution < -0.4 is 14.8 Å². The van der Waals surface area contributed by atoms with Gasteiger partial charge in [-0.05, 0) is 90.9 Å². The Kier molecular flexibility index (Phi) is 8.18. The molecule has 0 fully saturated rings. The fourth-order valence-electron chi connectivity index (χ4n) is 5.76. The molecule has 0 saturated carbocycles. The molecule has 0 unspecified atom stereocenters. The average Bonchev–Trinajstić information content (AvgIpc) is 3.47. The lowest BCUT2D eigenvalue weighted by Crippen LogP contribution is -2.29. The van der Waals surface area contributed by atoms with Gasteiger partial charge in [0.1, 0.15) is 6.61 Å². The van der Waals surface area contributed by atoms with E-state index in [4.69, 9.17) is 26.1 Å². The standard InChI is InChI=1S/C35H32BrClN2O2/c1-3-40-33-19-24(18-31(37)35(33)41-21-23-8-12-26(36)13-9-23)20-38-27-14-10-25(11-15-27)34-29-6-4-5-28(29)30-17-22(2)7-16-32(30)39-34/h4-5,7-20,28-29,34,39H,3,6,21H2,1-2H3/t28-,29+,34-/m0/s1. The van der Waals surface area contributed by atoms with Crippen LogP contribution in [0.4, 0.5) is 11.4 Å². The summed E-state index contributed by atoms with van der Waals surface area (Å²) in [5, 5.41) is 4.31. The van der Waals surface area contributed by atoms with E-state index in [9.17, 15) is 0 Å². The second-order valence-corrected chi connectivity index (χ2v) is 11.9. The lowest BCUT2D eigenvalue weighted by Gasteiger charge is -2.37. The molecule has 208 valence electrons. The van der Waals surface area contributed by atoms with E-state index in [1.807, 2.05) is 49.5 Å². The fourth-order valence-corrected chi connectivity index (χ4v) is 6.30. The van der Waals surface area contributed by atoms with Crippen molar-refractivity contribution in [2.24, 2.45) is 10.9 Å². The highest BCUT2D eigenvalue weighted by Crippen LogP contribution is 2.50. The molecule has 3 atom stereocenters. The number of benzene rings is 4. The zero-order valence-electron chi connectivity index (χ0n) is 23.1. The number of nitrogens with zero attached hydrogens (tertiary/aromatic N) is 1. The van der Waals surface area contributed by atoms with Gasteiger partial charge in [-0.2, -0.15) is 0 Å². The van der Waals surface area contributed by atoms with Crippen LogP contribution in [0.15, 0.2) is 100 Å². The summed E-state index contributed by atoms with van der Waals surface area (Å²) in [6.45, 7) is 5.01. The third kappa shape index (κ3) is 6.07. The molecule has 2 aliphatic rings. The number of fused-ring (bicyclic) bond motifs is 3. The lowest BCUT2D eigenvalue weighted by atomic mass is 9.76. The minimum atomic E-state index is 0.265. The Hall–Kier alpha value is -3.54. The first kappa shape index (κ1) is 27.6. The number of hydrogen-bond acceptors (Lipinski definition) is 4. The number of nitrogens with one attached hydrogen (secondary N) is 1. The van der Waals surface area contributed by atoms with Crippen molar-refractivity contribution in [3.05, 3.63) is 128 Å². The molecule has 1 heterocycles. The Morgan fingerprint density at radius 3 is 2.59 bits per heavy atom. The van der Waals surface area contributed by atoms with Gasteiger partial charge < -0.3 is 14.8 Å². The molecule has 4 aromatic carbocycles. The topological polar surface area (TPSA) is 42.8 Å². The van der Waals surface area contributed by atoms with E-state index in [0.29, 0.717) is 41.6 Å². The van der Waals surface area contributed by atoms with Crippen molar-refractivity contribution in [2.75, 3.05) is 11.9 Å². The normalized spacial score (nSPS) is 19.1. The molecule has 1 N–H and O–H groups in total. The molecule has 0 bridgehead atoms. The van der Waals surface area contributed by atoms with Crippen molar-refractivity contribution in [3.8, 4) is 11.5 Å². The number of aryl methyl sites for hydroxylation is 1. The van der Waals surface area contributed by atoms with Gasteiger partial charge in [-0.3, -0.25) is 4.99 Å². The van der Waals surface area contributed by atoms with E-state index in [1.54, 1.807) is 0 Å². The number of halogens is 2. The van der Waals surface area contributed by atoms with Gasteiger partial charge in [0.25, 0.3) is 0 Å². The van der Waals surface area contributed by atoms with Crippen LogP contribution in [0.5, 0.6) is 11.5 Å². The van der Waals surface area contributed by atoms with Gasteiger partial charge in [0.2, 0.25) is 0 Å². The van der Waals surface area contributed by atoms with E-state index in [1.165, 1.54) is 22.4 Å². The monoisotopic (exact) mass is 626 g/mol. The molecule has 41 heavy (non-hydrogen) atoms. The highest BCUT2D eigenvalue weighted by Gasteiger charge is 2.37. The Labute approximate surface area is 255 Å². The largest absolute Gasteiger partial charge is 0.490 e. The number of allylic oxidation sites excluding steroid dienone is 2. The predicted molar refractivity (Wildman–Crippen MR) is 172 cm³/mol. The summed E-state index contributed by atoms with van der Waals surface area (Å²) in [6, 6.07) is 27.3. The fraction of sp³-hybridized carbons (Fsp3) is 0.229. The molecule has 6 rings (SSSR count). The van der Waals surface area contributed by atoms with E-state index in [-0.39, 0.29) is 6.04 Å². The Bertz CT molecular complexity index is 1600. The van der Waals surface area contributed by atoms with Crippen molar-refractivity contribution in [1.29, 1.82) is 0 Å². The predicted octanol–water partition coefficient (Wildman–Crippen LogP) is 9.97. The van der Waals surface area contributed by atoms with Gasteiger partial charge >= 0.3 is 0 Å². The van der Waals surface area contributed by atoms with Gasteiger partial charge in [0.15, 0.2) is 11.5 Å². The van der Waals surface area contributed by atoms with E-state index in [2.05, 4.69) is 82.8 Å². The van der Waals surface area contributed by atoms with Crippen LogP contribution >= 0.6 is 27.5 Å². The number of ether oxygens (including phenoxy) is 2. The smallest absolute Gasteiger partial charge is 0.180 e. The average molecular weight is 628 g/mol. The summed E-state index contributed by atoms with van der Waals surface area (Å²) < 4.78 is 13.0. The van der Waals surface area contributed by atoms with Crippen molar-refractivity contribution in [2.45, 2.75) is 38.8 Å². The summed E-state index contributed by atoms with van der Waals surface area (Å²) in [4.78, 5) is 4.73. The summed E-state index contributed by atoms with van der Waals surface area (Å²) in [7, 11) is 0. The zero-order valence-corrected chi connectivity index (χ0v) is 25.5. The number of rotatable bonds is 8. The molecular formula is C35H32BrClN2O2. The van der Waals surface area contributed by atoms with Crippen LogP contribution in [-0.2, 0) is 6.61 Å². The maximum absolute atomic E-state index is 6.65. The second-order valence-electron chi connectivity index (χ2n) is 10.6. The number of aliphatic imine (C=N–C) groups is 1. The maximum Gasteiger partial charge on any atom is 0.180 e. The molecule has 1 aliphatic carbocycles. The van der Waals surface area contributed by atoms with E-state index < -0.39 is 0 Å². The molecular weight excluding hydrogens is 596 g/mol. The minimum Gasteiger partial charge on any atom is -0.490 e. The Morgan fingerprint density at radius 1 is 1.00 bits per heavy atom. The van der Waals surface area contributed by atoms with Crippen molar-refractivity contribution in [3.63, 3.8) is 0 Å². The summed E-state index contributed by atoms with van der Waals surface area (Å²) in [5.41, 5.74) is 8.01. The summed E-state index contributed by atoms with van der Waals surface area (Å²) in [5.74, 6) is 2.11. The number of hydrogen-bond donors (Lipinski definition) is 1. The van der Waals surface area contributed by atoms with Gasteiger partial charge in [-0.25, -0.2) is 0 Å². The van der Waals surface area contributed by atoms with Crippen LogP contribution in [0.25, 0.3) is 0 Å². The summed E-state index contributed by atoms with van der Waals surface area (Å²) in [6.07, 6.45) is 7.62. The Balaban J connectivity index is 1.17. The molecule has 1 aliphatic heterocycles. The molecule has 0 aromatic heterocycles. The summed E-state index contributed by atoms with van der Waals surface area (Å²) >= 11 is 10.1. The van der Waals surface area contributed by atoms with Gasteiger partial charge in [0.05, 0.1) is 23.4 Å². The Morgan fingerprint density at radius 2 is 1.80 bits per heavy atom. The molecule has 0 saturated heterocycles. The second kappa shape index (κ2) is 12.1. The number of anilines is 1. The van der Waals surface area contributed by atoms with Gasteiger partial charge in [-0.15, -0.1) is 0 Å². The van der Waals surface area contributed by atoms with E-state index in [0.717, 1.165) is 27.7 Å². The van der Waals surface area contributed by atoms with Crippen molar-refractivity contribution in [1.82, 2.24) is 0 Å². The molecule has 4 nitrogen and oxygen atoms in total. The highest BCUT2D eigenvalue weighted by molar-refractivity contribution is 9.10. The van der Waals surface area contributed by atoms with Crippen LogP contribution in [0.3, 0.4) is 0 Å². The molecule has 0 spiro atoms. The molecule has 0 amide bonds. The van der Waals surface area contributed by atoms with Crippen LogP contribution in [-0.4, -0.2) is 12.8 Å². The van der Waals surface area contributed by atoms with E-state index >= 15 is 0 Å². The third-order valence-electron chi connectivity index (χ3n) is 7.76. The molecule has 4 aromatic rings. The quantitative estimate of drug-likeness (QED) is 0.156. The van der Waals surface area contributed by atoms with Gasteiger partial charge in [-0.1, -0.05) is 81.6 Å². The molecule has 0 radical (unpaired) electrons. The first-order chi connectivity index (χ1) is 20.0. The maximum atomic E-state index is 6.65. The van der Waals surface area contributed by atoms with Crippen molar-refractivity contribution >= 4 is 45.1 Å². The first-order valence-corrected chi connectivity index (χ1v) is 15.2. The lowest BCUT2D eigenvalue weighted by molar-refractivity contribution is 0.269.